The highest BCUT2D eigenvalue weighted by atomic mass is 32.2. The second kappa shape index (κ2) is 3.83. The van der Waals surface area contributed by atoms with E-state index in [1.54, 1.807) is 0 Å². The molecule has 0 aliphatic carbocycles. The summed E-state index contributed by atoms with van der Waals surface area (Å²) in [5, 5.41) is -1.43. The van der Waals surface area contributed by atoms with Gasteiger partial charge in [0.1, 0.15) is 0 Å². The Morgan fingerprint density at radius 3 is 2.00 bits per heavy atom. The number of hydrogen-bond acceptors (Lipinski definition) is 5. The molecule has 12 heavy (non-hydrogen) atoms. The van der Waals surface area contributed by atoms with Gasteiger partial charge in [0.05, 0.1) is 7.11 Å². The normalized spacial score (nSPS) is 14.7. The predicted octanol–water partition coefficient (Wildman–Crippen LogP) is -1.66. The molecular formula is C5H12N2O4S. The standard InChI is InChI=1S/C5H12N2O4S/c1-7(2)5(4(6)8)12(9,10)11-3/h5H,1-3H3,(H2,6,8). The molecule has 72 valence electrons. The van der Waals surface area contributed by atoms with Crippen molar-refractivity contribution < 1.29 is 17.4 Å². The van der Waals surface area contributed by atoms with E-state index < -0.39 is 21.4 Å². The lowest BCUT2D eigenvalue weighted by molar-refractivity contribution is -0.120. The molecule has 0 heterocycles. The van der Waals surface area contributed by atoms with Gasteiger partial charge in [0.25, 0.3) is 16.0 Å². The summed E-state index contributed by atoms with van der Waals surface area (Å²) in [6, 6.07) is 0. The zero-order valence-electron chi connectivity index (χ0n) is 7.14. The number of nitrogens with two attached hydrogens (primary N) is 1. The minimum Gasteiger partial charge on any atom is -0.367 e. The molecule has 0 saturated heterocycles. The lowest BCUT2D eigenvalue weighted by Crippen LogP contribution is -2.46. The molecular weight excluding hydrogens is 184 g/mol. The highest BCUT2D eigenvalue weighted by Crippen LogP contribution is 2.04. The summed E-state index contributed by atoms with van der Waals surface area (Å²) >= 11 is 0. The topological polar surface area (TPSA) is 89.7 Å². The third-order valence-electron chi connectivity index (χ3n) is 1.22. The van der Waals surface area contributed by atoms with Crippen molar-refractivity contribution >= 4 is 16.0 Å². The Balaban J connectivity index is 4.89. The summed E-state index contributed by atoms with van der Waals surface area (Å²) in [4.78, 5) is 11.8. The number of likely N-dealkylation sites (N-methyl/N-ethyl adjacent to an activating group) is 1. The van der Waals surface area contributed by atoms with Crippen molar-refractivity contribution in [1.29, 1.82) is 0 Å². The van der Waals surface area contributed by atoms with Gasteiger partial charge in [0.15, 0.2) is 0 Å². The van der Waals surface area contributed by atoms with E-state index >= 15 is 0 Å². The van der Waals surface area contributed by atoms with E-state index in [9.17, 15) is 13.2 Å². The Morgan fingerprint density at radius 2 is 1.92 bits per heavy atom. The molecule has 0 bridgehead atoms. The van der Waals surface area contributed by atoms with Gasteiger partial charge < -0.3 is 5.73 Å². The van der Waals surface area contributed by atoms with Crippen molar-refractivity contribution in [2.75, 3.05) is 21.2 Å². The Kier molecular flexibility index (Phi) is 3.62. The number of rotatable bonds is 4. The van der Waals surface area contributed by atoms with Crippen LogP contribution in [0.1, 0.15) is 0 Å². The first kappa shape index (κ1) is 11.3. The van der Waals surface area contributed by atoms with Gasteiger partial charge in [-0.2, -0.15) is 8.42 Å². The quantitative estimate of drug-likeness (QED) is 0.543. The number of carbonyl (C=O) groups is 1. The smallest absolute Gasteiger partial charge is 0.292 e. The maximum atomic E-state index is 11.0. The molecule has 0 aromatic rings. The molecule has 0 radical (unpaired) electrons. The molecule has 7 heteroatoms. The molecule has 1 amide bonds. The van der Waals surface area contributed by atoms with Crippen LogP contribution in [0.15, 0.2) is 0 Å². The van der Waals surface area contributed by atoms with Crippen molar-refractivity contribution in [3.8, 4) is 0 Å². The van der Waals surface area contributed by atoms with Crippen molar-refractivity contribution in [3.63, 3.8) is 0 Å². The van der Waals surface area contributed by atoms with Crippen molar-refractivity contribution in [3.05, 3.63) is 0 Å². The van der Waals surface area contributed by atoms with Crippen LogP contribution < -0.4 is 5.73 Å². The minimum absolute atomic E-state index is 0.957. The summed E-state index contributed by atoms with van der Waals surface area (Å²) in [7, 11) is -0.0812. The monoisotopic (exact) mass is 196 g/mol. The number of amides is 1. The second-order valence-corrected chi connectivity index (χ2v) is 4.14. The van der Waals surface area contributed by atoms with E-state index in [0.717, 1.165) is 7.11 Å². The van der Waals surface area contributed by atoms with Crippen LogP contribution in [0.5, 0.6) is 0 Å². The number of primary amides is 1. The van der Waals surface area contributed by atoms with E-state index in [4.69, 9.17) is 5.73 Å². The first-order valence-electron chi connectivity index (χ1n) is 3.08. The molecule has 0 aromatic carbocycles. The lowest BCUT2D eigenvalue weighted by Gasteiger charge is -2.18. The van der Waals surface area contributed by atoms with E-state index in [1.807, 2.05) is 0 Å². The number of carbonyl (C=O) groups excluding carboxylic acids is 1. The van der Waals surface area contributed by atoms with Crippen molar-refractivity contribution in [2.45, 2.75) is 5.37 Å². The molecule has 2 N–H and O–H groups in total. The molecule has 6 nitrogen and oxygen atoms in total. The molecule has 0 fully saturated rings. The van der Waals surface area contributed by atoms with Crippen LogP contribution in [0, 0.1) is 0 Å². The number of nitrogens with zero attached hydrogens (tertiary/aromatic N) is 1. The molecule has 1 atom stereocenters. The molecule has 0 spiro atoms. The zero-order valence-corrected chi connectivity index (χ0v) is 7.96. The average molecular weight is 196 g/mol. The van der Waals surface area contributed by atoms with Crippen LogP contribution in [0.4, 0.5) is 0 Å². The van der Waals surface area contributed by atoms with Crippen molar-refractivity contribution in [2.24, 2.45) is 5.73 Å². The van der Waals surface area contributed by atoms with E-state index in [-0.39, 0.29) is 0 Å². The minimum atomic E-state index is -3.91. The summed E-state index contributed by atoms with van der Waals surface area (Å²) in [6.45, 7) is 0. The van der Waals surface area contributed by atoms with Gasteiger partial charge in [-0.05, 0) is 14.1 Å². The Hall–Kier alpha value is -0.660. The maximum absolute atomic E-state index is 11.0. The van der Waals surface area contributed by atoms with Gasteiger partial charge in [0, 0.05) is 0 Å². The highest BCUT2D eigenvalue weighted by molar-refractivity contribution is 7.88. The van der Waals surface area contributed by atoms with Crippen LogP contribution >= 0.6 is 0 Å². The van der Waals surface area contributed by atoms with E-state index in [0.29, 0.717) is 0 Å². The van der Waals surface area contributed by atoms with E-state index in [1.165, 1.54) is 19.0 Å². The third-order valence-corrected chi connectivity index (χ3v) is 2.88. The summed E-state index contributed by atoms with van der Waals surface area (Å²) in [6.07, 6.45) is 0. The van der Waals surface area contributed by atoms with Crippen LogP contribution in [-0.2, 0) is 19.1 Å². The SMILES string of the molecule is COS(=O)(=O)C(C(N)=O)N(C)C. The average Bonchev–Trinajstić information content (AvgIpc) is 1.84. The van der Waals surface area contributed by atoms with Crippen LogP contribution in [0.2, 0.25) is 0 Å². The van der Waals surface area contributed by atoms with Crippen LogP contribution in [0.3, 0.4) is 0 Å². The van der Waals surface area contributed by atoms with E-state index in [2.05, 4.69) is 4.18 Å². The summed E-state index contributed by atoms with van der Waals surface area (Å²) < 4.78 is 26.2. The summed E-state index contributed by atoms with van der Waals surface area (Å²) in [5.41, 5.74) is 4.86. The van der Waals surface area contributed by atoms with Gasteiger partial charge >= 0.3 is 0 Å². The maximum Gasteiger partial charge on any atom is 0.292 e. The molecule has 0 aliphatic rings. The van der Waals surface area contributed by atoms with Crippen LogP contribution in [0.25, 0.3) is 0 Å². The third kappa shape index (κ3) is 2.43. The number of hydrogen-bond donors (Lipinski definition) is 1. The molecule has 0 saturated carbocycles. The van der Waals surface area contributed by atoms with Gasteiger partial charge in [-0.25, -0.2) is 0 Å². The van der Waals surface area contributed by atoms with Crippen molar-refractivity contribution in [1.82, 2.24) is 4.90 Å². The fraction of sp³-hybridized carbons (Fsp3) is 0.800. The zero-order chi connectivity index (χ0) is 9.94. The molecule has 0 rings (SSSR count). The second-order valence-electron chi connectivity index (χ2n) is 2.38. The summed E-state index contributed by atoms with van der Waals surface area (Å²) in [5.74, 6) is -0.957. The molecule has 1 unspecified atom stereocenters. The predicted molar refractivity (Wildman–Crippen MR) is 42.6 cm³/mol. The van der Waals surface area contributed by atoms with Gasteiger partial charge in [-0.15, -0.1) is 0 Å². The van der Waals surface area contributed by atoms with Crippen LogP contribution in [-0.4, -0.2) is 45.8 Å². The first-order chi connectivity index (χ1) is 5.33. The Labute approximate surface area is 71.4 Å². The largest absolute Gasteiger partial charge is 0.367 e. The van der Waals surface area contributed by atoms with Gasteiger partial charge in [-0.3, -0.25) is 13.9 Å². The first-order valence-corrected chi connectivity index (χ1v) is 4.55. The lowest BCUT2D eigenvalue weighted by atomic mass is 10.6. The Bertz CT molecular complexity index is 259. The molecule has 0 aliphatic heterocycles. The van der Waals surface area contributed by atoms with Gasteiger partial charge in [0.2, 0.25) is 5.37 Å². The fourth-order valence-electron chi connectivity index (χ4n) is 0.746. The highest BCUT2D eigenvalue weighted by Gasteiger charge is 2.32. The van der Waals surface area contributed by atoms with Gasteiger partial charge in [-0.1, -0.05) is 0 Å². The Morgan fingerprint density at radius 1 is 1.50 bits per heavy atom. The fourth-order valence-corrected chi connectivity index (χ4v) is 1.73. The molecule has 0 aromatic heterocycles.